The van der Waals surface area contributed by atoms with Crippen LogP contribution in [0.5, 0.6) is 0 Å². The van der Waals surface area contributed by atoms with Gasteiger partial charge in [-0.2, -0.15) is 0 Å². The van der Waals surface area contributed by atoms with E-state index in [0.29, 0.717) is 6.54 Å². The van der Waals surface area contributed by atoms with Crippen LogP contribution in [-0.4, -0.2) is 18.3 Å². The lowest BCUT2D eigenvalue weighted by atomic mass is 10.1. The second-order valence-electron chi connectivity index (χ2n) is 3.69. The molecule has 0 aromatic heterocycles. The minimum absolute atomic E-state index is 0.157. The van der Waals surface area contributed by atoms with E-state index >= 15 is 0 Å². The monoisotopic (exact) mass is 176 g/mol. The number of aliphatic imine (C=N–C) groups is 1. The molecule has 0 amide bonds. The highest BCUT2D eigenvalue weighted by molar-refractivity contribution is 5.79. The van der Waals surface area contributed by atoms with Gasteiger partial charge in [-0.25, -0.2) is 0 Å². The number of rotatable bonds is 3. The molecule has 1 rings (SSSR count). The summed E-state index contributed by atoms with van der Waals surface area (Å²) in [6, 6.07) is 10.0. The number of nitrogens with zero attached hydrogens (tertiary/aromatic N) is 1. The van der Waals surface area contributed by atoms with Gasteiger partial charge in [0.2, 0.25) is 0 Å². The van der Waals surface area contributed by atoms with Crippen molar-refractivity contribution in [2.45, 2.75) is 19.4 Å². The standard InChI is InChI=1S/C11H16N2/c1-11(2,9-12)13-8-10-6-4-3-5-7-10/h3-8H,9,12H2,1-2H3. The number of hydrogen-bond acceptors (Lipinski definition) is 2. The summed E-state index contributed by atoms with van der Waals surface area (Å²) < 4.78 is 0. The van der Waals surface area contributed by atoms with Gasteiger partial charge in [0.25, 0.3) is 0 Å². The zero-order valence-corrected chi connectivity index (χ0v) is 8.20. The van der Waals surface area contributed by atoms with Crippen molar-refractivity contribution in [3.8, 4) is 0 Å². The molecule has 70 valence electrons. The fourth-order valence-electron chi connectivity index (χ4n) is 0.841. The molecule has 0 fully saturated rings. The van der Waals surface area contributed by atoms with Crippen LogP contribution < -0.4 is 5.73 Å². The molecule has 0 aliphatic rings. The van der Waals surface area contributed by atoms with E-state index in [2.05, 4.69) is 4.99 Å². The van der Waals surface area contributed by atoms with E-state index in [1.54, 1.807) is 0 Å². The average molecular weight is 176 g/mol. The van der Waals surface area contributed by atoms with E-state index in [4.69, 9.17) is 5.73 Å². The molecule has 2 N–H and O–H groups in total. The highest BCUT2D eigenvalue weighted by Gasteiger charge is 2.10. The highest BCUT2D eigenvalue weighted by Crippen LogP contribution is 2.06. The van der Waals surface area contributed by atoms with Crippen molar-refractivity contribution in [3.63, 3.8) is 0 Å². The van der Waals surface area contributed by atoms with Gasteiger partial charge in [0.05, 0.1) is 5.54 Å². The molecule has 2 nitrogen and oxygen atoms in total. The van der Waals surface area contributed by atoms with Crippen molar-refractivity contribution in [1.29, 1.82) is 0 Å². The molecule has 0 atom stereocenters. The van der Waals surface area contributed by atoms with Crippen molar-refractivity contribution < 1.29 is 0 Å². The van der Waals surface area contributed by atoms with Crippen LogP contribution in [0.25, 0.3) is 0 Å². The Kier molecular flexibility index (Phi) is 3.20. The third-order valence-electron chi connectivity index (χ3n) is 1.86. The van der Waals surface area contributed by atoms with Crippen molar-refractivity contribution in [3.05, 3.63) is 35.9 Å². The molecule has 0 saturated heterocycles. The van der Waals surface area contributed by atoms with Crippen LogP contribution >= 0.6 is 0 Å². The van der Waals surface area contributed by atoms with Gasteiger partial charge in [0.15, 0.2) is 0 Å². The first-order chi connectivity index (χ1) is 6.14. The van der Waals surface area contributed by atoms with Crippen molar-refractivity contribution >= 4 is 6.21 Å². The quantitative estimate of drug-likeness (QED) is 0.701. The molecule has 0 unspecified atom stereocenters. The molecule has 13 heavy (non-hydrogen) atoms. The maximum Gasteiger partial charge on any atom is 0.0674 e. The van der Waals surface area contributed by atoms with Crippen LogP contribution in [0.4, 0.5) is 0 Å². The molecule has 0 saturated carbocycles. The summed E-state index contributed by atoms with van der Waals surface area (Å²) >= 11 is 0. The van der Waals surface area contributed by atoms with E-state index in [1.807, 2.05) is 50.4 Å². The first-order valence-corrected chi connectivity index (χ1v) is 4.44. The molecule has 0 aliphatic heterocycles. The van der Waals surface area contributed by atoms with Crippen LogP contribution in [-0.2, 0) is 0 Å². The van der Waals surface area contributed by atoms with Crippen molar-refractivity contribution in [2.24, 2.45) is 10.7 Å². The van der Waals surface area contributed by atoms with E-state index in [9.17, 15) is 0 Å². The summed E-state index contributed by atoms with van der Waals surface area (Å²) in [6.07, 6.45) is 1.87. The molecule has 1 aromatic carbocycles. The molecule has 0 radical (unpaired) electrons. The Morgan fingerprint density at radius 3 is 2.46 bits per heavy atom. The van der Waals surface area contributed by atoms with Gasteiger partial charge < -0.3 is 5.73 Å². The zero-order chi connectivity index (χ0) is 9.73. The fourth-order valence-corrected chi connectivity index (χ4v) is 0.841. The van der Waals surface area contributed by atoms with Gasteiger partial charge in [-0.3, -0.25) is 4.99 Å². The highest BCUT2D eigenvalue weighted by atomic mass is 14.9. The average Bonchev–Trinajstić information content (AvgIpc) is 2.17. The third-order valence-corrected chi connectivity index (χ3v) is 1.86. The lowest BCUT2D eigenvalue weighted by molar-refractivity contribution is 0.538. The lowest BCUT2D eigenvalue weighted by Crippen LogP contribution is -2.28. The summed E-state index contributed by atoms with van der Waals surface area (Å²) in [6.45, 7) is 4.61. The van der Waals surface area contributed by atoms with Crippen LogP contribution in [0, 0.1) is 0 Å². The molecular formula is C11H16N2. The molecular weight excluding hydrogens is 160 g/mol. The molecule has 1 aromatic rings. The second kappa shape index (κ2) is 4.19. The van der Waals surface area contributed by atoms with E-state index in [0.717, 1.165) is 5.56 Å². The summed E-state index contributed by atoms with van der Waals surface area (Å²) in [5.74, 6) is 0. The van der Waals surface area contributed by atoms with E-state index < -0.39 is 0 Å². The topological polar surface area (TPSA) is 38.4 Å². The molecule has 0 heterocycles. The van der Waals surface area contributed by atoms with Crippen LogP contribution in [0.1, 0.15) is 19.4 Å². The van der Waals surface area contributed by atoms with E-state index in [-0.39, 0.29) is 5.54 Å². The minimum Gasteiger partial charge on any atom is -0.328 e. The van der Waals surface area contributed by atoms with Gasteiger partial charge in [-0.1, -0.05) is 30.3 Å². The van der Waals surface area contributed by atoms with Crippen LogP contribution in [0.15, 0.2) is 35.3 Å². The smallest absolute Gasteiger partial charge is 0.0674 e. The van der Waals surface area contributed by atoms with Gasteiger partial charge >= 0.3 is 0 Å². The summed E-state index contributed by atoms with van der Waals surface area (Å²) in [5.41, 5.74) is 6.51. The Hall–Kier alpha value is -1.15. The second-order valence-corrected chi connectivity index (χ2v) is 3.69. The summed E-state index contributed by atoms with van der Waals surface area (Å²) in [5, 5.41) is 0. The normalized spacial score (nSPS) is 12.2. The van der Waals surface area contributed by atoms with Crippen molar-refractivity contribution in [1.82, 2.24) is 0 Å². The first-order valence-electron chi connectivity index (χ1n) is 4.44. The first kappa shape index (κ1) is 9.93. The SMILES string of the molecule is CC(C)(CN)N=Cc1ccccc1. The maximum absolute atomic E-state index is 5.56. The third kappa shape index (κ3) is 3.38. The Labute approximate surface area is 79.5 Å². The Balaban J connectivity index is 2.69. The molecule has 0 aliphatic carbocycles. The lowest BCUT2D eigenvalue weighted by Gasteiger charge is -2.15. The number of benzene rings is 1. The van der Waals surface area contributed by atoms with E-state index in [1.165, 1.54) is 0 Å². The summed E-state index contributed by atoms with van der Waals surface area (Å²) in [4.78, 5) is 4.39. The predicted molar refractivity (Wildman–Crippen MR) is 57.2 cm³/mol. The Morgan fingerprint density at radius 2 is 1.92 bits per heavy atom. The largest absolute Gasteiger partial charge is 0.328 e. The fraction of sp³-hybridized carbons (Fsp3) is 0.364. The minimum atomic E-state index is -0.157. The zero-order valence-electron chi connectivity index (χ0n) is 8.20. The van der Waals surface area contributed by atoms with Crippen molar-refractivity contribution in [2.75, 3.05) is 6.54 Å². The molecule has 2 heteroatoms. The Morgan fingerprint density at radius 1 is 1.31 bits per heavy atom. The van der Waals surface area contributed by atoms with Gasteiger partial charge in [0, 0.05) is 12.8 Å². The Bertz CT molecular complexity index is 275. The van der Waals surface area contributed by atoms with Gasteiger partial charge in [0.1, 0.15) is 0 Å². The van der Waals surface area contributed by atoms with Crippen LogP contribution in [0.3, 0.4) is 0 Å². The number of hydrogen-bond donors (Lipinski definition) is 1. The maximum atomic E-state index is 5.56. The summed E-state index contributed by atoms with van der Waals surface area (Å²) in [7, 11) is 0. The number of nitrogens with two attached hydrogens (primary N) is 1. The molecule has 0 spiro atoms. The van der Waals surface area contributed by atoms with Gasteiger partial charge in [-0.05, 0) is 19.4 Å². The van der Waals surface area contributed by atoms with Crippen LogP contribution in [0.2, 0.25) is 0 Å². The van der Waals surface area contributed by atoms with Gasteiger partial charge in [-0.15, -0.1) is 0 Å². The predicted octanol–water partition coefficient (Wildman–Crippen LogP) is 1.84. The molecule has 0 bridgehead atoms.